The van der Waals surface area contributed by atoms with Crippen molar-refractivity contribution in [1.29, 1.82) is 0 Å². The maximum atomic E-state index is 11.7. The van der Waals surface area contributed by atoms with Crippen molar-refractivity contribution < 1.29 is 9.90 Å². The van der Waals surface area contributed by atoms with Crippen LogP contribution in [0.3, 0.4) is 0 Å². The van der Waals surface area contributed by atoms with E-state index in [1.807, 2.05) is 4.90 Å². The standard InChI is InChI=1S/C11H21NO2/c1-3-9(2)6-11(14)12-5-4-10(7-12)8-13/h9-10,13H,3-8H2,1-2H3/t9-,10-/m1/s1. The van der Waals surface area contributed by atoms with E-state index in [2.05, 4.69) is 13.8 Å². The molecule has 14 heavy (non-hydrogen) atoms. The third-order valence-corrected chi connectivity index (χ3v) is 3.12. The Morgan fingerprint density at radius 2 is 2.36 bits per heavy atom. The first-order valence-electron chi connectivity index (χ1n) is 5.56. The molecule has 0 saturated carbocycles. The second-order valence-corrected chi connectivity index (χ2v) is 4.39. The molecule has 1 N–H and O–H groups in total. The van der Waals surface area contributed by atoms with Crippen molar-refractivity contribution in [1.82, 2.24) is 4.90 Å². The van der Waals surface area contributed by atoms with Gasteiger partial charge in [-0.25, -0.2) is 0 Å². The molecule has 2 atom stereocenters. The van der Waals surface area contributed by atoms with Crippen molar-refractivity contribution in [3.8, 4) is 0 Å². The number of hydrogen-bond acceptors (Lipinski definition) is 2. The normalized spacial score (nSPS) is 23.9. The van der Waals surface area contributed by atoms with Gasteiger partial charge in [0.05, 0.1) is 0 Å². The zero-order valence-electron chi connectivity index (χ0n) is 9.20. The van der Waals surface area contributed by atoms with Gasteiger partial charge in [-0.15, -0.1) is 0 Å². The molecule has 0 spiro atoms. The van der Waals surface area contributed by atoms with E-state index in [-0.39, 0.29) is 12.5 Å². The van der Waals surface area contributed by atoms with Crippen molar-refractivity contribution in [2.24, 2.45) is 11.8 Å². The maximum absolute atomic E-state index is 11.7. The van der Waals surface area contributed by atoms with Gasteiger partial charge in [0.25, 0.3) is 0 Å². The zero-order valence-corrected chi connectivity index (χ0v) is 9.20. The number of carbonyl (C=O) groups is 1. The fourth-order valence-corrected chi connectivity index (χ4v) is 1.78. The lowest BCUT2D eigenvalue weighted by molar-refractivity contribution is -0.131. The molecule has 1 fully saturated rings. The quantitative estimate of drug-likeness (QED) is 0.740. The monoisotopic (exact) mass is 199 g/mol. The van der Waals surface area contributed by atoms with Gasteiger partial charge in [-0.05, 0) is 12.3 Å². The number of carbonyl (C=O) groups excluding carboxylic acids is 1. The molecule has 1 aliphatic rings. The molecule has 0 unspecified atom stereocenters. The molecular formula is C11H21NO2. The van der Waals surface area contributed by atoms with Crippen molar-refractivity contribution in [3.05, 3.63) is 0 Å². The maximum Gasteiger partial charge on any atom is 0.222 e. The van der Waals surface area contributed by atoms with Crippen LogP contribution in [0.1, 0.15) is 33.1 Å². The van der Waals surface area contributed by atoms with Crippen LogP contribution < -0.4 is 0 Å². The molecule has 82 valence electrons. The summed E-state index contributed by atoms with van der Waals surface area (Å²) in [5.74, 6) is 1.06. The van der Waals surface area contributed by atoms with Crippen molar-refractivity contribution >= 4 is 5.91 Å². The van der Waals surface area contributed by atoms with Crippen molar-refractivity contribution in [3.63, 3.8) is 0 Å². The lowest BCUT2D eigenvalue weighted by Gasteiger charge is -2.18. The second kappa shape index (κ2) is 5.35. The van der Waals surface area contributed by atoms with Crippen molar-refractivity contribution in [2.75, 3.05) is 19.7 Å². The van der Waals surface area contributed by atoms with E-state index in [1.165, 1.54) is 0 Å². The van der Waals surface area contributed by atoms with Crippen LogP contribution in [0.15, 0.2) is 0 Å². The van der Waals surface area contributed by atoms with Crippen LogP contribution in [0.4, 0.5) is 0 Å². The number of rotatable bonds is 4. The van der Waals surface area contributed by atoms with E-state index < -0.39 is 0 Å². The van der Waals surface area contributed by atoms with Gasteiger partial charge in [-0.2, -0.15) is 0 Å². The molecule has 0 aromatic heterocycles. The zero-order chi connectivity index (χ0) is 10.6. The molecule has 1 aliphatic heterocycles. The van der Waals surface area contributed by atoms with Crippen LogP contribution in [0.5, 0.6) is 0 Å². The van der Waals surface area contributed by atoms with E-state index in [1.54, 1.807) is 0 Å². The molecule has 1 heterocycles. The Labute approximate surface area is 86.1 Å². The van der Waals surface area contributed by atoms with Gasteiger partial charge in [0, 0.05) is 32.0 Å². The third-order valence-electron chi connectivity index (χ3n) is 3.12. The molecular weight excluding hydrogens is 178 g/mol. The topological polar surface area (TPSA) is 40.5 Å². The van der Waals surface area contributed by atoms with Crippen LogP contribution in [-0.4, -0.2) is 35.6 Å². The Kier molecular flexibility index (Phi) is 4.39. The number of hydrogen-bond donors (Lipinski definition) is 1. The second-order valence-electron chi connectivity index (χ2n) is 4.39. The minimum absolute atomic E-state index is 0.215. The number of amides is 1. The van der Waals surface area contributed by atoms with Crippen LogP contribution in [-0.2, 0) is 4.79 Å². The summed E-state index contributed by atoms with van der Waals surface area (Å²) in [6.07, 6.45) is 2.68. The van der Waals surface area contributed by atoms with Gasteiger partial charge in [0.1, 0.15) is 0 Å². The molecule has 3 nitrogen and oxygen atoms in total. The van der Waals surface area contributed by atoms with E-state index in [0.717, 1.165) is 25.9 Å². The Morgan fingerprint density at radius 3 is 2.86 bits per heavy atom. The first kappa shape index (κ1) is 11.5. The highest BCUT2D eigenvalue weighted by Crippen LogP contribution is 2.18. The van der Waals surface area contributed by atoms with E-state index >= 15 is 0 Å². The molecule has 1 saturated heterocycles. The summed E-state index contributed by atoms with van der Waals surface area (Å²) in [5.41, 5.74) is 0. The Balaban J connectivity index is 2.32. The molecule has 1 rings (SSSR count). The van der Waals surface area contributed by atoms with Crippen LogP contribution in [0.25, 0.3) is 0 Å². The Bertz CT molecular complexity index is 194. The average Bonchev–Trinajstić information content (AvgIpc) is 2.65. The minimum atomic E-state index is 0.215. The molecule has 3 heteroatoms. The Hall–Kier alpha value is -0.570. The first-order valence-corrected chi connectivity index (χ1v) is 5.56. The van der Waals surface area contributed by atoms with Crippen LogP contribution in [0, 0.1) is 11.8 Å². The van der Waals surface area contributed by atoms with Gasteiger partial charge in [0.15, 0.2) is 0 Å². The predicted octanol–water partition coefficient (Wildman–Crippen LogP) is 1.26. The summed E-state index contributed by atoms with van der Waals surface area (Å²) < 4.78 is 0. The summed E-state index contributed by atoms with van der Waals surface area (Å²) in [6.45, 7) is 6.02. The fraction of sp³-hybridized carbons (Fsp3) is 0.909. The number of likely N-dealkylation sites (tertiary alicyclic amines) is 1. The summed E-state index contributed by atoms with van der Waals surface area (Å²) in [7, 11) is 0. The van der Waals surface area contributed by atoms with E-state index in [9.17, 15) is 4.79 Å². The number of nitrogens with zero attached hydrogens (tertiary/aromatic N) is 1. The van der Waals surface area contributed by atoms with E-state index in [4.69, 9.17) is 5.11 Å². The summed E-state index contributed by atoms with van der Waals surface area (Å²) in [6, 6.07) is 0. The smallest absolute Gasteiger partial charge is 0.222 e. The van der Waals surface area contributed by atoms with E-state index in [0.29, 0.717) is 18.3 Å². The minimum Gasteiger partial charge on any atom is -0.396 e. The summed E-state index contributed by atoms with van der Waals surface area (Å²) >= 11 is 0. The van der Waals surface area contributed by atoms with Crippen molar-refractivity contribution in [2.45, 2.75) is 33.1 Å². The first-order chi connectivity index (χ1) is 6.67. The van der Waals surface area contributed by atoms with Gasteiger partial charge in [0.2, 0.25) is 5.91 Å². The van der Waals surface area contributed by atoms with Gasteiger partial charge >= 0.3 is 0 Å². The molecule has 0 aromatic carbocycles. The molecule has 0 aromatic rings. The lowest BCUT2D eigenvalue weighted by Crippen LogP contribution is -2.30. The Morgan fingerprint density at radius 1 is 1.64 bits per heavy atom. The average molecular weight is 199 g/mol. The predicted molar refractivity (Wildman–Crippen MR) is 55.8 cm³/mol. The van der Waals surface area contributed by atoms with Gasteiger partial charge in [-0.1, -0.05) is 20.3 Å². The lowest BCUT2D eigenvalue weighted by atomic mass is 10.0. The highest BCUT2D eigenvalue weighted by atomic mass is 16.3. The third kappa shape index (κ3) is 2.98. The number of aliphatic hydroxyl groups excluding tert-OH is 1. The van der Waals surface area contributed by atoms with Crippen LogP contribution >= 0.6 is 0 Å². The largest absolute Gasteiger partial charge is 0.396 e. The van der Waals surface area contributed by atoms with Gasteiger partial charge < -0.3 is 10.0 Å². The molecule has 1 amide bonds. The summed E-state index contributed by atoms with van der Waals surface area (Å²) in [4.78, 5) is 13.6. The highest BCUT2D eigenvalue weighted by molar-refractivity contribution is 5.76. The SMILES string of the molecule is CC[C@@H](C)CC(=O)N1CC[C@@H](CO)C1. The molecule has 0 radical (unpaired) electrons. The number of aliphatic hydroxyl groups is 1. The molecule has 0 bridgehead atoms. The highest BCUT2D eigenvalue weighted by Gasteiger charge is 2.25. The van der Waals surface area contributed by atoms with Gasteiger partial charge in [-0.3, -0.25) is 4.79 Å². The fourth-order valence-electron chi connectivity index (χ4n) is 1.78. The van der Waals surface area contributed by atoms with Crippen LogP contribution in [0.2, 0.25) is 0 Å². The molecule has 0 aliphatic carbocycles. The summed E-state index contributed by atoms with van der Waals surface area (Å²) in [5, 5.41) is 8.96.